The van der Waals surface area contributed by atoms with Crippen molar-refractivity contribution in [3.05, 3.63) is 84.3 Å². The molecule has 100 valence electrons. The molecule has 0 fully saturated rings. The summed E-state index contributed by atoms with van der Waals surface area (Å²) in [5.74, 6) is 1.02. The lowest BCUT2D eigenvalue weighted by Gasteiger charge is -2.05. The van der Waals surface area contributed by atoms with Gasteiger partial charge in [0, 0.05) is 5.56 Å². The summed E-state index contributed by atoms with van der Waals surface area (Å²) >= 11 is 0. The van der Waals surface area contributed by atoms with Crippen LogP contribution >= 0.6 is 0 Å². The van der Waals surface area contributed by atoms with E-state index >= 15 is 0 Å². The average molecular weight is 264 g/mol. The lowest BCUT2D eigenvalue weighted by Crippen LogP contribution is -2.80. The van der Waals surface area contributed by atoms with Crippen molar-refractivity contribution in [1.82, 2.24) is 0 Å². The molecule has 3 aromatic rings. The van der Waals surface area contributed by atoms with Crippen LogP contribution in [0.1, 0.15) is 11.3 Å². The molecule has 1 heterocycles. The van der Waals surface area contributed by atoms with Gasteiger partial charge in [-0.1, -0.05) is 48.5 Å². The van der Waals surface area contributed by atoms with E-state index < -0.39 is 0 Å². The normalized spacial score (nSPS) is 10.6. The topological polar surface area (TPSA) is 29.8 Å². The van der Waals surface area contributed by atoms with Crippen LogP contribution in [0.2, 0.25) is 0 Å². The van der Waals surface area contributed by atoms with E-state index in [1.165, 1.54) is 16.7 Å². The van der Waals surface area contributed by atoms with Crippen molar-refractivity contribution >= 4 is 0 Å². The van der Waals surface area contributed by atoms with Crippen LogP contribution in [0.4, 0.5) is 0 Å². The zero-order valence-electron chi connectivity index (χ0n) is 11.3. The predicted molar refractivity (Wildman–Crippen MR) is 79.9 cm³/mol. The summed E-state index contributed by atoms with van der Waals surface area (Å²) in [6.45, 7) is 1.84. The maximum Gasteiger partial charge on any atom is 0.157 e. The summed E-state index contributed by atoms with van der Waals surface area (Å²) < 4.78 is 5.33. The van der Waals surface area contributed by atoms with Crippen LogP contribution in [0.5, 0.6) is 0 Å². The van der Waals surface area contributed by atoms with Gasteiger partial charge in [0.05, 0.1) is 6.26 Å². The fourth-order valence-corrected chi connectivity index (χ4v) is 2.32. The Morgan fingerprint density at radius 2 is 1.60 bits per heavy atom. The molecule has 0 spiro atoms. The first-order chi connectivity index (χ1) is 9.92. The molecule has 1 aromatic heterocycles. The number of furan rings is 1. The minimum atomic E-state index is 0.878. The highest BCUT2D eigenvalue weighted by atomic mass is 16.3. The van der Waals surface area contributed by atoms with E-state index in [9.17, 15) is 0 Å². The van der Waals surface area contributed by atoms with E-state index in [2.05, 4.69) is 53.8 Å². The van der Waals surface area contributed by atoms with Gasteiger partial charge in [0.2, 0.25) is 0 Å². The van der Waals surface area contributed by atoms with Gasteiger partial charge in [-0.2, -0.15) is 0 Å². The second kappa shape index (κ2) is 6.22. The Bertz CT molecular complexity index is 644. The summed E-state index contributed by atoms with van der Waals surface area (Å²) in [5.41, 5.74) is 3.87. The summed E-state index contributed by atoms with van der Waals surface area (Å²) in [4.78, 5) is 0. The van der Waals surface area contributed by atoms with E-state index in [0.29, 0.717) is 0 Å². The van der Waals surface area contributed by atoms with Crippen molar-refractivity contribution in [2.24, 2.45) is 0 Å². The maximum absolute atomic E-state index is 5.33. The van der Waals surface area contributed by atoms with E-state index in [-0.39, 0.29) is 0 Å². The molecule has 20 heavy (non-hydrogen) atoms. The number of benzene rings is 2. The van der Waals surface area contributed by atoms with E-state index in [1.54, 1.807) is 6.26 Å². The molecule has 2 N–H and O–H groups in total. The summed E-state index contributed by atoms with van der Waals surface area (Å²) in [6, 6.07) is 23.1. The number of nitrogens with two attached hydrogens (primary N) is 1. The fraction of sp³-hybridized carbons (Fsp3) is 0.111. The average Bonchev–Trinajstić information content (AvgIpc) is 3.02. The second-order valence-electron chi connectivity index (χ2n) is 4.84. The molecule has 0 aliphatic carbocycles. The molecule has 0 aliphatic heterocycles. The van der Waals surface area contributed by atoms with Crippen molar-refractivity contribution in [2.45, 2.75) is 13.1 Å². The van der Waals surface area contributed by atoms with Gasteiger partial charge in [-0.15, -0.1) is 0 Å². The Balaban J connectivity index is 1.66. The molecule has 0 atom stereocenters. The van der Waals surface area contributed by atoms with Crippen molar-refractivity contribution in [3.63, 3.8) is 0 Å². The highest BCUT2D eigenvalue weighted by Gasteiger charge is 2.02. The van der Waals surface area contributed by atoms with E-state index in [0.717, 1.165) is 18.8 Å². The first kappa shape index (κ1) is 12.7. The Morgan fingerprint density at radius 1 is 0.750 bits per heavy atom. The third-order valence-corrected chi connectivity index (χ3v) is 3.34. The van der Waals surface area contributed by atoms with Gasteiger partial charge in [-0.25, -0.2) is 0 Å². The van der Waals surface area contributed by atoms with Crippen LogP contribution in [0.3, 0.4) is 0 Å². The molecular weight excluding hydrogens is 246 g/mol. The molecule has 2 heteroatoms. The molecule has 0 saturated heterocycles. The standard InChI is InChI=1S/C18H17NO/c1-2-7-16(8-3-1)17-9-4-6-15(12-17)13-19-14-18-10-5-11-20-18/h1-12,19H,13-14H2/p+1. The number of hydrogen-bond acceptors (Lipinski definition) is 1. The molecule has 0 radical (unpaired) electrons. The zero-order valence-corrected chi connectivity index (χ0v) is 11.3. The maximum atomic E-state index is 5.33. The van der Waals surface area contributed by atoms with Gasteiger partial charge in [-0.05, 0) is 29.3 Å². The lowest BCUT2D eigenvalue weighted by molar-refractivity contribution is -0.687. The van der Waals surface area contributed by atoms with Gasteiger partial charge in [-0.3, -0.25) is 0 Å². The van der Waals surface area contributed by atoms with Crippen LogP contribution in [0.25, 0.3) is 11.1 Å². The highest BCUT2D eigenvalue weighted by molar-refractivity contribution is 5.63. The molecule has 0 unspecified atom stereocenters. The van der Waals surface area contributed by atoms with Gasteiger partial charge in [0.25, 0.3) is 0 Å². The quantitative estimate of drug-likeness (QED) is 0.753. The fourth-order valence-electron chi connectivity index (χ4n) is 2.32. The SMILES string of the molecule is c1ccc(-c2cccc(C[NH2+]Cc3ccco3)c2)cc1. The molecule has 3 rings (SSSR count). The molecule has 0 saturated carbocycles. The second-order valence-corrected chi connectivity index (χ2v) is 4.84. The Labute approximate surface area is 119 Å². The van der Waals surface area contributed by atoms with Crippen LogP contribution in [-0.2, 0) is 13.1 Å². The van der Waals surface area contributed by atoms with Crippen LogP contribution in [0.15, 0.2) is 77.4 Å². The number of rotatable bonds is 5. The largest absolute Gasteiger partial charge is 0.463 e. The van der Waals surface area contributed by atoms with Crippen molar-refractivity contribution in [2.75, 3.05) is 0 Å². The van der Waals surface area contributed by atoms with Gasteiger partial charge >= 0.3 is 0 Å². The van der Waals surface area contributed by atoms with Gasteiger partial charge in [0.15, 0.2) is 5.76 Å². The van der Waals surface area contributed by atoms with Crippen LogP contribution < -0.4 is 5.32 Å². The third kappa shape index (κ3) is 3.16. The van der Waals surface area contributed by atoms with Crippen molar-refractivity contribution in [3.8, 4) is 11.1 Å². The minimum absolute atomic E-state index is 0.878. The molecular formula is C18H18NO+. The Morgan fingerprint density at radius 3 is 2.40 bits per heavy atom. The Kier molecular flexibility index (Phi) is 3.95. The molecule has 2 aromatic carbocycles. The molecule has 0 amide bonds. The lowest BCUT2D eigenvalue weighted by atomic mass is 10.0. The summed E-state index contributed by atoms with van der Waals surface area (Å²) in [7, 11) is 0. The number of hydrogen-bond donors (Lipinski definition) is 1. The van der Waals surface area contributed by atoms with Crippen molar-refractivity contribution < 1.29 is 9.73 Å². The highest BCUT2D eigenvalue weighted by Crippen LogP contribution is 2.19. The van der Waals surface area contributed by atoms with E-state index in [4.69, 9.17) is 4.42 Å². The molecule has 2 nitrogen and oxygen atoms in total. The van der Waals surface area contributed by atoms with Gasteiger partial charge in [0.1, 0.15) is 13.1 Å². The molecule has 0 aliphatic rings. The first-order valence-corrected chi connectivity index (χ1v) is 6.90. The molecule has 0 bridgehead atoms. The third-order valence-electron chi connectivity index (χ3n) is 3.34. The zero-order chi connectivity index (χ0) is 13.6. The Hall–Kier alpha value is -2.32. The predicted octanol–water partition coefficient (Wildman–Crippen LogP) is 3.21. The van der Waals surface area contributed by atoms with Crippen LogP contribution in [-0.4, -0.2) is 0 Å². The van der Waals surface area contributed by atoms with E-state index in [1.807, 2.05) is 18.2 Å². The van der Waals surface area contributed by atoms with Crippen molar-refractivity contribution in [1.29, 1.82) is 0 Å². The number of quaternary nitrogens is 1. The van der Waals surface area contributed by atoms with Crippen LogP contribution in [0, 0.1) is 0 Å². The first-order valence-electron chi connectivity index (χ1n) is 6.90. The summed E-state index contributed by atoms with van der Waals surface area (Å²) in [5, 5.41) is 2.25. The van der Waals surface area contributed by atoms with Gasteiger partial charge < -0.3 is 9.73 Å². The smallest absolute Gasteiger partial charge is 0.157 e. The minimum Gasteiger partial charge on any atom is -0.463 e. The summed E-state index contributed by atoms with van der Waals surface area (Å²) in [6.07, 6.45) is 1.72. The monoisotopic (exact) mass is 264 g/mol.